The maximum absolute atomic E-state index is 13.8. The van der Waals surface area contributed by atoms with E-state index in [1.54, 1.807) is 36.4 Å². The van der Waals surface area contributed by atoms with Crippen molar-refractivity contribution in [3.63, 3.8) is 0 Å². The summed E-state index contributed by atoms with van der Waals surface area (Å²) in [6, 6.07) is 11.4. The standard InChI is InChI=1S/C16H13FO3/c1-19-10-6-7-15-12(8-10)14(18)9-16(20-15)11-4-2-3-5-13(11)17/h2-8,16H,9H2,1H3/t16-/m1/s1. The second-order valence-corrected chi connectivity index (χ2v) is 4.62. The first-order valence-corrected chi connectivity index (χ1v) is 6.31. The Labute approximate surface area is 115 Å². The van der Waals surface area contributed by atoms with Gasteiger partial charge in [0.1, 0.15) is 23.4 Å². The van der Waals surface area contributed by atoms with Gasteiger partial charge in [-0.15, -0.1) is 0 Å². The number of hydrogen-bond donors (Lipinski definition) is 0. The quantitative estimate of drug-likeness (QED) is 0.838. The van der Waals surface area contributed by atoms with E-state index in [-0.39, 0.29) is 18.0 Å². The fourth-order valence-corrected chi connectivity index (χ4v) is 2.34. The van der Waals surface area contributed by atoms with E-state index in [1.807, 2.05) is 0 Å². The number of carbonyl (C=O) groups excluding carboxylic acids is 1. The van der Waals surface area contributed by atoms with Gasteiger partial charge < -0.3 is 9.47 Å². The molecule has 1 aliphatic rings. The molecule has 0 N–H and O–H groups in total. The Kier molecular flexibility index (Phi) is 3.14. The van der Waals surface area contributed by atoms with E-state index < -0.39 is 6.10 Å². The molecule has 0 aromatic heterocycles. The predicted octanol–water partition coefficient (Wildman–Crippen LogP) is 3.54. The van der Waals surface area contributed by atoms with E-state index >= 15 is 0 Å². The average molecular weight is 272 g/mol. The van der Waals surface area contributed by atoms with E-state index in [0.717, 1.165) is 0 Å². The van der Waals surface area contributed by atoms with Gasteiger partial charge in [-0.25, -0.2) is 4.39 Å². The molecule has 0 saturated heterocycles. The van der Waals surface area contributed by atoms with Crippen LogP contribution in [0.3, 0.4) is 0 Å². The largest absolute Gasteiger partial charge is 0.497 e. The second kappa shape index (κ2) is 4.96. The first-order chi connectivity index (χ1) is 9.69. The van der Waals surface area contributed by atoms with Crippen LogP contribution >= 0.6 is 0 Å². The van der Waals surface area contributed by atoms with Gasteiger partial charge in [0.05, 0.1) is 19.1 Å². The summed E-state index contributed by atoms with van der Waals surface area (Å²) >= 11 is 0. The highest BCUT2D eigenvalue weighted by atomic mass is 19.1. The normalized spacial score (nSPS) is 17.3. The Hall–Kier alpha value is -2.36. The van der Waals surface area contributed by atoms with Crippen molar-refractivity contribution in [1.29, 1.82) is 0 Å². The van der Waals surface area contributed by atoms with E-state index in [2.05, 4.69) is 0 Å². The van der Waals surface area contributed by atoms with Gasteiger partial charge >= 0.3 is 0 Å². The molecule has 3 nitrogen and oxygen atoms in total. The first kappa shape index (κ1) is 12.7. The fourth-order valence-electron chi connectivity index (χ4n) is 2.34. The smallest absolute Gasteiger partial charge is 0.170 e. The van der Waals surface area contributed by atoms with Crippen molar-refractivity contribution in [1.82, 2.24) is 0 Å². The fraction of sp³-hybridized carbons (Fsp3) is 0.188. The number of hydrogen-bond acceptors (Lipinski definition) is 3. The molecular weight excluding hydrogens is 259 g/mol. The minimum Gasteiger partial charge on any atom is -0.497 e. The third-order valence-electron chi connectivity index (χ3n) is 3.38. The van der Waals surface area contributed by atoms with Gasteiger partial charge in [-0.1, -0.05) is 18.2 Å². The second-order valence-electron chi connectivity index (χ2n) is 4.62. The summed E-state index contributed by atoms with van der Waals surface area (Å²) in [4.78, 5) is 12.2. The lowest BCUT2D eigenvalue weighted by Crippen LogP contribution is -2.21. The van der Waals surface area contributed by atoms with E-state index in [4.69, 9.17) is 9.47 Å². The molecule has 0 spiro atoms. The molecule has 102 valence electrons. The van der Waals surface area contributed by atoms with Gasteiger partial charge in [0.25, 0.3) is 0 Å². The number of fused-ring (bicyclic) bond motifs is 1. The highest BCUT2D eigenvalue weighted by Crippen LogP contribution is 2.37. The molecule has 3 rings (SSSR count). The predicted molar refractivity (Wildman–Crippen MR) is 71.7 cm³/mol. The summed E-state index contributed by atoms with van der Waals surface area (Å²) in [5.41, 5.74) is 0.888. The molecule has 1 aliphatic heterocycles. The van der Waals surface area contributed by atoms with Crippen LogP contribution in [0.5, 0.6) is 11.5 Å². The molecule has 0 bridgehead atoms. The van der Waals surface area contributed by atoms with Crippen LogP contribution in [-0.2, 0) is 0 Å². The van der Waals surface area contributed by atoms with Crippen molar-refractivity contribution >= 4 is 5.78 Å². The van der Waals surface area contributed by atoms with Crippen molar-refractivity contribution in [3.8, 4) is 11.5 Å². The maximum Gasteiger partial charge on any atom is 0.170 e. The number of halogens is 1. The van der Waals surface area contributed by atoms with Crippen LogP contribution in [0.1, 0.15) is 28.4 Å². The van der Waals surface area contributed by atoms with Crippen LogP contribution in [0.2, 0.25) is 0 Å². The van der Waals surface area contributed by atoms with Crippen LogP contribution in [-0.4, -0.2) is 12.9 Å². The molecule has 4 heteroatoms. The topological polar surface area (TPSA) is 35.5 Å². The number of ether oxygens (including phenoxy) is 2. The zero-order valence-corrected chi connectivity index (χ0v) is 10.9. The molecule has 2 aromatic carbocycles. The lowest BCUT2D eigenvalue weighted by molar-refractivity contribution is 0.0845. The molecule has 0 unspecified atom stereocenters. The Morgan fingerprint density at radius 3 is 2.80 bits per heavy atom. The van der Waals surface area contributed by atoms with Crippen LogP contribution < -0.4 is 9.47 Å². The van der Waals surface area contributed by atoms with Crippen LogP contribution in [0.25, 0.3) is 0 Å². The Bertz CT molecular complexity index is 667. The molecule has 0 saturated carbocycles. The lowest BCUT2D eigenvalue weighted by atomic mass is 9.96. The Morgan fingerprint density at radius 2 is 2.05 bits per heavy atom. The summed E-state index contributed by atoms with van der Waals surface area (Å²) in [7, 11) is 1.54. The van der Waals surface area contributed by atoms with Crippen molar-refractivity contribution in [3.05, 3.63) is 59.4 Å². The summed E-state index contributed by atoms with van der Waals surface area (Å²) in [5, 5.41) is 0. The van der Waals surface area contributed by atoms with Crippen LogP contribution in [0, 0.1) is 5.82 Å². The van der Waals surface area contributed by atoms with Crippen LogP contribution in [0.15, 0.2) is 42.5 Å². The van der Waals surface area contributed by atoms with E-state index in [1.165, 1.54) is 13.2 Å². The molecule has 20 heavy (non-hydrogen) atoms. The molecule has 0 amide bonds. The van der Waals surface area contributed by atoms with E-state index in [0.29, 0.717) is 22.6 Å². The molecule has 0 fully saturated rings. The number of methoxy groups -OCH3 is 1. The molecular formula is C16H13FO3. The van der Waals surface area contributed by atoms with Crippen molar-refractivity contribution in [2.45, 2.75) is 12.5 Å². The minimum atomic E-state index is -0.579. The summed E-state index contributed by atoms with van der Waals surface area (Å²) in [5.74, 6) is 0.640. The van der Waals surface area contributed by atoms with Crippen molar-refractivity contribution in [2.75, 3.05) is 7.11 Å². The Morgan fingerprint density at radius 1 is 1.25 bits per heavy atom. The first-order valence-electron chi connectivity index (χ1n) is 6.31. The van der Waals surface area contributed by atoms with Gasteiger partial charge in [0.2, 0.25) is 0 Å². The average Bonchev–Trinajstić information content (AvgIpc) is 2.47. The maximum atomic E-state index is 13.8. The molecule has 0 radical (unpaired) electrons. The number of ketones is 1. The zero-order chi connectivity index (χ0) is 14.1. The summed E-state index contributed by atoms with van der Waals surface area (Å²) in [6.07, 6.45) is -0.453. The number of Topliss-reactive ketones (excluding diaryl/α,β-unsaturated/α-hetero) is 1. The zero-order valence-electron chi connectivity index (χ0n) is 10.9. The SMILES string of the molecule is COc1ccc2c(c1)C(=O)C[C@H](c1ccccc1F)O2. The number of benzene rings is 2. The van der Waals surface area contributed by atoms with Crippen molar-refractivity contribution < 1.29 is 18.7 Å². The van der Waals surface area contributed by atoms with E-state index in [9.17, 15) is 9.18 Å². The van der Waals surface area contributed by atoms with Gasteiger partial charge in [-0.05, 0) is 24.3 Å². The third kappa shape index (κ3) is 2.13. The highest BCUT2D eigenvalue weighted by Gasteiger charge is 2.29. The van der Waals surface area contributed by atoms with Gasteiger partial charge in [0, 0.05) is 5.56 Å². The molecule has 0 aliphatic carbocycles. The van der Waals surface area contributed by atoms with Crippen LogP contribution in [0.4, 0.5) is 4.39 Å². The molecule has 2 aromatic rings. The summed E-state index contributed by atoms with van der Waals surface area (Å²) in [6.45, 7) is 0. The molecule has 1 heterocycles. The van der Waals surface area contributed by atoms with Gasteiger partial charge in [0.15, 0.2) is 5.78 Å². The number of carbonyl (C=O) groups is 1. The monoisotopic (exact) mass is 272 g/mol. The lowest BCUT2D eigenvalue weighted by Gasteiger charge is -2.26. The third-order valence-corrected chi connectivity index (χ3v) is 3.38. The highest BCUT2D eigenvalue weighted by molar-refractivity contribution is 6.00. The van der Waals surface area contributed by atoms with Gasteiger partial charge in [-0.3, -0.25) is 4.79 Å². The molecule has 1 atom stereocenters. The summed E-state index contributed by atoms with van der Waals surface area (Å²) < 4.78 is 24.6. The number of rotatable bonds is 2. The van der Waals surface area contributed by atoms with Gasteiger partial charge in [-0.2, -0.15) is 0 Å². The Balaban J connectivity index is 1.97. The minimum absolute atomic E-state index is 0.0709. The van der Waals surface area contributed by atoms with Crippen molar-refractivity contribution in [2.24, 2.45) is 0 Å².